The van der Waals surface area contributed by atoms with Gasteiger partial charge in [-0.15, -0.1) is 0 Å². The van der Waals surface area contributed by atoms with Crippen molar-refractivity contribution in [3.05, 3.63) is 0 Å². The number of carboxylic acids is 1. The number of hydrogen-bond donors (Lipinski definition) is 5. The van der Waals surface area contributed by atoms with Crippen molar-refractivity contribution in [2.45, 2.75) is 57.8 Å². The summed E-state index contributed by atoms with van der Waals surface area (Å²) in [6, 6.07) is -2.64. The first-order chi connectivity index (χ1) is 10.2. The van der Waals surface area contributed by atoms with Gasteiger partial charge >= 0.3 is 5.97 Å². The van der Waals surface area contributed by atoms with Gasteiger partial charge in [-0.25, -0.2) is 4.79 Å². The molecule has 1 aliphatic heterocycles. The Labute approximate surface area is 129 Å². The van der Waals surface area contributed by atoms with Crippen LogP contribution in [-0.2, 0) is 14.4 Å². The van der Waals surface area contributed by atoms with Gasteiger partial charge in [-0.05, 0) is 32.2 Å². The minimum Gasteiger partial charge on any atom is -0.480 e. The summed E-state index contributed by atoms with van der Waals surface area (Å²) in [5.41, 5.74) is 0. The monoisotopic (exact) mass is 315 g/mol. The average molecular weight is 315 g/mol. The normalized spacial score (nSPS) is 22.0. The van der Waals surface area contributed by atoms with Crippen LogP contribution >= 0.6 is 0 Å². The van der Waals surface area contributed by atoms with E-state index in [9.17, 15) is 19.5 Å². The molecule has 126 valence electrons. The van der Waals surface area contributed by atoms with E-state index in [1.54, 1.807) is 13.8 Å². The Balaban J connectivity index is 2.70. The van der Waals surface area contributed by atoms with Crippen LogP contribution in [0.4, 0.5) is 0 Å². The molecule has 22 heavy (non-hydrogen) atoms. The molecule has 0 aromatic rings. The summed E-state index contributed by atoms with van der Waals surface area (Å²) in [5, 5.41) is 26.7. The summed E-state index contributed by atoms with van der Waals surface area (Å²) in [4.78, 5) is 35.3. The molecule has 0 radical (unpaired) electrons. The molecule has 1 saturated heterocycles. The second kappa shape index (κ2) is 8.09. The predicted molar refractivity (Wildman–Crippen MR) is 79.0 cm³/mol. The lowest BCUT2D eigenvalue weighted by molar-refractivity contribution is -0.144. The van der Waals surface area contributed by atoms with E-state index in [1.807, 2.05) is 0 Å². The first-order valence-electron chi connectivity index (χ1n) is 7.49. The third-order valence-electron chi connectivity index (χ3n) is 3.67. The van der Waals surface area contributed by atoms with E-state index in [0.29, 0.717) is 6.42 Å². The van der Waals surface area contributed by atoms with E-state index in [-0.39, 0.29) is 17.9 Å². The van der Waals surface area contributed by atoms with Crippen molar-refractivity contribution in [1.29, 1.82) is 0 Å². The number of aliphatic hydroxyl groups is 1. The fourth-order valence-corrected chi connectivity index (χ4v) is 2.32. The molecule has 0 bridgehead atoms. The Morgan fingerprint density at radius 1 is 1.14 bits per heavy atom. The third kappa shape index (κ3) is 4.96. The highest BCUT2D eigenvalue weighted by molar-refractivity contribution is 5.92. The SMILES string of the molecule is CC(C)C(NC(=O)C(NC(=O)C1CCCN1)C(C)O)C(=O)O. The van der Waals surface area contributed by atoms with Gasteiger partial charge in [0.2, 0.25) is 11.8 Å². The van der Waals surface area contributed by atoms with Crippen LogP contribution in [0.3, 0.4) is 0 Å². The summed E-state index contributed by atoms with van der Waals surface area (Å²) in [6.45, 7) is 5.44. The van der Waals surface area contributed by atoms with E-state index in [4.69, 9.17) is 5.11 Å². The molecule has 0 aromatic carbocycles. The molecule has 0 aliphatic carbocycles. The molecule has 4 unspecified atom stereocenters. The predicted octanol–water partition coefficient (Wildman–Crippen LogP) is -1.17. The summed E-state index contributed by atoms with van der Waals surface area (Å²) >= 11 is 0. The topological polar surface area (TPSA) is 128 Å². The van der Waals surface area contributed by atoms with Crippen LogP contribution in [0, 0.1) is 5.92 Å². The molecule has 1 rings (SSSR count). The zero-order chi connectivity index (χ0) is 16.9. The molecule has 5 N–H and O–H groups in total. The van der Waals surface area contributed by atoms with Gasteiger partial charge in [-0.2, -0.15) is 0 Å². The van der Waals surface area contributed by atoms with Crippen LogP contribution in [0.5, 0.6) is 0 Å². The fraction of sp³-hybridized carbons (Fsp3) is 0.786. The zero-order valence-corrected chi connectivity index (χ0v) is 13.1. The number of aliphatic carboxylic acids is 1. The number of rotatable bonds is 7. The molecule has 1 fully saturated rings. The molecular weight excluding hydrogens is 290 g/mol. The molecule has 1 aliphatic rings. The third-order valence-corrected chi connectivity index (χ3v) is 3.67. The van der Waals surface area contributed by atoms with Crippen LogP contribution in [0.2, 0.25) is 0 Å². The second-order valence-corrected chi connectivity index (χ2v) is 5.94. The minimum absolute atomic E-state index is 0.316. The Morgan fingerprint density at radius 2 is 1.77 bits per heavy atom. The lowest BCUT2D eigenvalue weighted by Crippen LogP contribution is -2.58. The standard InChI is InChI=1S/C14H25N3O5/c1-7(2)10(14(21)22)16-13(20)11(8(3)18)17-12(19)9-5-4-6-15-9/h7-11,15,18H,4-6H2,1-3H3,(H,16,20)(H,17,19)(H,21,22). The molecule has 0 aromatic heterocycles. The Bertz CT molecular complexity index is 419. The number of nitrogens with one attached hydrogen (secondary N) is 3. The number of carbonyl (C=O) groups excluding carboxylic acids is 2. The Hall–Kier alpha value is -1.67. The quantitative estimate of drug-likeness (QED) is 0.403. The van der Waals surface area contributed by atoms with Crippen LogP contribution in [0.25, 0.3) is 0 Å². The van der Waals surface area contributed by atoms with Crippen LogP contribution in [0.1, 0.15) is 33.6 Å². The van der Waals surface area contributed by atoms with Gasteiger partial charge in [0.25, 0.3) is 0 Å². The highest BCUT2D eigenvalue weighted by Crippen LogP contribution is 2.07. The van der Waals surface area contributed by atoms with Crippen LogP contribution in [0.15, 0.2) is 0 Å². The van der Waals surface area contributed by atoms with E-state index >= 15 is 0 Å². The van der Waals surface area contributed by atoms with Crippen molar-refractivity contribution in [1.82, 2.24) is 16.0 Å². The molecule has 8 nitrogen and oxygen atoms in total. The molecular formula is C14H25N3O5. The lowest BCUT2D eigenvalue weighted by Gasteiger charge is -2.25. The van der Waals surface area contributed by atoms with Gasteiger partial charge in [0.15, 0.2) is 0 Å². The first kappa shape index (κ1) is 18.4. The molecule has 8 heteroatoms. The Morgan fingerprint density at radius 3 is 2.18 bits per heavy atom. The summed E-state index contributed by atoms with van der Waals surface area (Å²) in [6.07, 6.45) is 0.411. The maximum absolute atomic E-state index is 12.2. The second-order valence-electron chi connectivity index (χ2n) is 5.94. The van der Waals surface area contributed by atoms with Gasteiger partial charge in [0.05, 0.1) is 12.1 Å². The van der Waals surface area contributed by atoms with Crippen molar-refractivity contribution in [2.75, 3.05) is 6.54 Å². The summed E-state index contributed by atoms with van der Waals surface area (Å²) < 4.78 is 0. The van der Waals surface area contributed by atoms with Gasteiger partial charge in [-0.3, -0.25) is 9.59 Å². The Kier molecular flexibility index (Phi) is 6.76. The van der Waals surface area contributed by atoms with E-state index in [1.165, 1.54) is 6.92 Å². The van der Waals surface area contributed by atoms with Crippen molar-refractivity contribution in [3.63, 3.8) is 0 Å². The van der Waals surface area contributed by atoms with Crippen molar-refractivity contribution < 1.29 is 24.6 Å². The maximum Gasteiger partial charge on any atom is 0.326 e. The lowest BCUT2D eigenvalue weighted by atomic mass is 10.0. The molecule has 1 heterocycles. The van der Waals surface area contributed by atoms with E-state index in [2.05, 4.69) is 16.0 Å². The number of aliphatic hydroxyl groups excluding tert-OH is 1. The van der Waals surface area contributed by atoms with Gasteiger partial charge in [-0.1, -0.05) is 13.8 Å². The largest absolute Gasteiger partial charge is 0.480 e. The maximum atomic E-state index is 12.2. The number of carbonyl (C=O) groups is 3. The zero-order valence-electron chi connectivity index (χ0n) is 13.1. The molecule has 0 spiro atoms. The minimum atomic E-state index is -1.18. The first-order valence-corrected chi connectivity index (χ1v) is 7.49. The molecule has 0 saturated carbocycles. The highest BCUT2D eigenvalue weighted by atomic mass is 16.4. The fourth-order valence-electron chi connectivity index (χ4n) is 2.32. The smallest absolute Gasteiger partial charge is 0.326 e. The van der Waals surface area contributed by atoms with E-state index < -0.39 is 30.1 Å². The molecule has 4 atom stereocenters. The van der Waals surface area contributed by atoms with Crippen LogP contribution < -0.4 is 16.0 Å². The summed E-state index contributed by atoms with van der Waals surface area (Å²) in [7, 11) is 0. The van der Waals surface area contributed by atoms with E-state index in [0.717, 1.165) is 13.0 Å². The summed E-state index contributed by atoms with van der Waals surface area (Å²) in [5.74, 6) is -2.54. The average Bonchev–Trinajstić information content (AvgIpc) is 2.94. The van der Waals surface area contributed by atoms with Crippen LogP contribution in [-0.4, -0.2) is 58.8 Å². The van der Waals surface area contributed by atoms with Gasteiger partial charge in [0.1, 0.15) is 12.1 Å². The highest BCUT2D eigenvalue weighted by Gasteiger charge is 2.33. The van der Waals surface area contributed by atoms with Crippen molar-refractivity contribution in [2.24, 2.45) is 5.92 Å². The number of carboxylic acid groups (broad SMARTS) is 1. The molecule has 2 amide bonds. The number of amides is 2. The van der Waals surface area contributed by atoms with Gasteiger partial charge < -0.3 is 26.2 Å². The van der Waals surface area contributed by atoms with Crippen molar-refractivity contribution in [3.8, 4) is 0 Å². The van der Waals surface area contributed by atoms with Crippen molar-refractivity contribution >= 4 is 17.8 Å². The number of hydrogen-bond acceptors (Lipinski definition) is 5. The van der Waals surface area contributed by atoms with Gasteiger partial charge in [0, 0.05) is 0 Å².